The molecule has 0 aliphatic heterocycles. The Balaban J connectivity index is 2.44. The van der Waals surface area contributed by atoms with Gasteiger partial charge in [0.2, 0.25) is 0 Å². The largest absolute Gasteiger partial charge is 0.462 e. The average molecular weight is 300 g/mol. The number of nitrogens with zero attached hydrogens (tertiary/aromatic N) is 1. The Hall–Kier alpha value is -1.62. The first-order valence-electron chi connectivity index (χ1n) is 6.67. The molecule has 0 aliphatic rings. The van der Waals surface area contributed by atoms with Gasteiger partial charge in [-0.3, -0.25) is 10.1 Å². The van der Waals surface area contributed by atoms with Crippen LogP contribution in [0.2, 0.25) is 5.02 Å². The molecule has 1 aromatic rings. The number of esters is 1. The molecular weight excluding hydrogens is 282 g/mol. The highest BCUT2D eigenvalue weighted by molar-refractivity contribution is 6.33. The first kappa shape index (κ1) is 16.4. The summed E-state index contributed by atoms with van der Waals surface area (Å²) in [4.78, 5) is 21.7. The van der Waals surface area contributed by atoms with Gasteiger partial charge in [0.1, 0.15) is 5.02 Å². The van der Waals surface area contributed by atoms with Crippen molar-refractivity contribution in [2.45, 2.75) is 39.0 Å². The Morgan fingerprint density at radius 1 is 1.30 bits per heavy atom. The molecule has 1 aromatic carbocycles. The van der Waals surface area contributed by atoms with Gasteiger partial charge in [-0.25, -0.2) is 4.79 Å². The first-order valence-corrected chi connectivity index (χ1v) is 7.05. The third kappa shape index (κ3) is 5.17. The standard InChI is InChI=1S/C14H18ClNO4/c1-2-3-4-5-6-9-20-14(17)11-7-8-13(16(18)19)12(15)10-11/h7-8,10H,2-6,9H2,1H3. The number of ether oxygens (including phenoxy) is 1. The van der Waals surface area contributed by atoms with E-state index in [0.29, 0.717) is 6.61 Å². The van der Waals surface area contributed by atoms with Crippen LogP contribution in [0.3, 0.4) is 0 Å². The van der Waals surface area contributed by atoms with Gasteiger partial charge in [-0.05, 0) is 18.6 Å². The average Bonchev–Trinajstić information content (AvgIpc) is 2.41. The maximum atomic E-state index is 11.7. The molecule has 0 heterocycles. The summed E-state index contributed by atoms with van der Waals surface area (Å²) in [5, 5.41) is 10.5. The normalized spacial score (nSPS) is 10.3. The van der Waals surface area contributed by atoms with Crippen LogP contribution < -0.4 is 0 Å². The van der Waals surface area contributed by atoms with Gasteiger partial charge in [0, 0.05) is 6.07 Å². The number of hydrogen-bond donors (Lipinski definition) is 0. The number of benzene rings is 1. The highest BCUT2D eigenvalue weighted by atomic mass is 35.5. The lowest BCUT2D eigenvalue weighted by molar-refractivity contribution is -0.384. The second-order valence-corrected chi connectivity index (χ2v) is 4.88. The molecule has 5 nitrogen and oxygen atoms in total. The number of carbonyl (C=O) groups excluding carboxylic acids is 1. The van der Waals surface area contributed by atoms with E-state index < -0.39 is 10.9 Å². The van der Waals surface area contributed by atoms with E-state index in [4.69, 9.17) is 16.3 Å². The summed E-state index contributed by atoms with van der Waals surface area (Å²) in [6.45, 7) is 2.50. The fraction of sp³-hybridized carbons (Fsp3) is 0.500. The van der Waals surface area contributed by atoms with E-state index in [1.54, 1.807) is 0 Å². The van der Waals surface area contributed by atoms with Crippen molar-refractivity contribution in [2.24, 2.45) is 0 Å². The summed E-state index contributed by atoms with van der Waals surface area (Å²) >= 11 is 5.74. The zero-order valence-electron chi connectivity index (χ0n) is 11.4. The van der Waals surface area contributed by atoms with Crippen molar-refractivity contribution in [3.63, 3.8) is 0 Å². The molecule has 1 rings (SSSR count). The molecule has 0 aliphatic carbocycles. The van der Waals surface area contributed by atoms with Gasteiger partial charge < -0.3 is 4.74 Å². The van der Waals surface area contributed by atoms with Gasteiger partial charge in [-0.1, -0.05) is 44.2 Å². The second kappa shape index (κ2) is 8.53. The van der Waals surface area contributed by atoms with Crippen LogP contribution in [-0.4, -0.2) is 17.5 Å². The van der Waals surface area contributed by atoms with Crippen LogP contribution in [0.4, 0.5) is 5.69 Å². The molecule has 110 valence electrons. The minimum Gasteiger partial charge on any atom is -0.462 e. The molecule has 0 atom stereocenters. The highest BCUT2D eigenvalue weighted by Gasteiger charge is 2.15. The second-order valence-electron chi connectivity index (χ2n) is 4.47. The molecule has 0 N–H and O–H groups in total. The molecule has 0 spiro atoms. The fourth-order valence-electron chi connectivity index (χ4n) is 1.74. The van der Waals surface area contributed by atoms with Crippen LogP contribution in [0.25, 0.3) is 0 Å². The van der Waals surface area contributed by atoms with Crippen LogP contribution in [0.1, 0.15) is 49.4 Å². The summed E-state index contributed by atoms with van der Waals surface area (Å²) in [7, 11) is 0. The topological polar surface area (TPSA) is 69.4 Å². The van der Waals surface area contributed by atoms with Crippen molar-refractivity contribution < 1.29 is 14.5 Å². The van der Waals surface area contributed by atoms with Crippen LogP contribution in [-0.2, 0) is 4.74 Å². The minimum absolute atomic E-state index is 0.0626. The lowest BCUT2D eigenvalue weighted by atomic mass is 10.2. The van der Waals surface area contributed by atoms with Crippen LogP contribution in [0, 0.1) is 10.1 Å². The Morgan fingerprint density at radius 3 is 2.60 bits per heavy atom. The summed E-state index contributed by atoms with van der Waals surface area (Å²) < 4.78 is 5.10. The molecule has 0 unspecified atom stereocenters. The Labute approximate surface area is 123 Å². The monoisotopic (exact) mass is 299 g/mol. The van der Waals surface area contributed by atoms with Crippen molar-refractivity contribution in [1.82, 2.24) is 0 Å². The van der Waals surface area contributed by atoms with E-state index in [-0.39, 0.29) is 16.3 Å². The molecule has 0 aromatic heterocycles. The smallest absolute Gasteiger partial charge is 0.338 e. The lowest BCUT2D eigenvalue weighted by Crippen LogP contribution is -2.06. The van der Waals surface area contributed by atoms with Gasteiger partial charge in [0.15, 0.2) is 0 Å². The SMILES string of the molecule is CCCCCCCOC(=O)c1ccc([N+](=O)[O-])c(Cl)c1. The summed E-state index contributed by atoms with van der Waals surface area (Å²) in [6.07, 6.45) is 5.35. The number of halogens is 1. The van der Waals surface area contributed by atoms with Crippen molar-refractivity contribution in [2.75, 3.05) is 6.61 Å². The first-order chi connectivity index (χ1) is 9.56. The fourth-order valence-corrected chi connectivity index (χ4v) is 1.99. The van der Waals surface area contributed by atoms with Gasteiger partial charge in [0.05, 0.1) is 17.1 Å². The summed E-state index contributed by atoms with van der Waals surface area (Å²) in [6, 6.07) is 3.82. The number of carbonyl (C=O) groups is 1. The van der Waals surface area contributed by atoms with Gasteiger partial charge in [0.25, 0.3) is 5.69 Å². The highest BCUT2D eigenvalue weighted by Crippen LogP contribution is 2.25. The van der Waals surface area contributed by atoms with Crippen molar-refractivity contribution in [1.29, 1.82) is 0 Å². The molecule has 0 saturated carbocycles. The maximum absolute atomic E-state index is 11.7. The number of nitro benzene ring substituents is 1. The van der Waals surface area contributed by atoms with Gasteiger partial charge in [-0.15, -0.1) is 0 Å². The van der Waals surface area contributed by atoms with E-state index in [1.165, 1.54) is 31.0 Å². The van der Waals surface area contributed by atoms with Crippen LogP contribution in [0.5, 0.6) is 0 Å². The Kier molecular flexibility index (Phi) is 7.01. The quantitative estimate of drug-likeness (QED) is 0.309. The molecule has 0 fully saturated rings. The molecule has 20 heavy (non-hydrogen) atoms. The number of nitro groups is 1. The van der Waals surface area contributed by atoms with Crippen molar-refractivity contribution in [3.05, 3.63) is 38.9 Å². The van der Waals surface area contributed by atoms with Gasteiger partial charge in [-0.2, -0.15) is 0 Å². The van der Waals surface area contributed by atoms with Crippen LogP contribution in [0.15, 0.2) is 18.2 Å². The van der Waals surface area contributed by atoms with E-state index >= 15 is 0 Å². The van der Waals surface area contributed by atoms with Crippen LogP contribution >= 0.6 is 11.6 Å². The van der Waals surface area contributed by atoms with E-state index in [2.05, 4.69) is 6.92 Å². The van der Waals surface area contributed by atoms with E-state index in [1.807, 2.05) is 0 Å². The summed E-state index contributed by atoms with van der Waals surface area (Å²) in [5.41, 5.74) is 0.0111. The number of hydrogen-bond acceptors (Lipinski definition) is 4. The number of rotatable bonds is 8. The summed E-state index contributed by atoms with van der Waals surface area (Å²) in [5.74, 6) is -0.503. The molecule has 6 heteroatoms. The maximum Gasteiger partial charge on any atom is 0.338 e. The van der Waals surface area contributed by atoms with Crippen molar-refractivity contribution >= 4 is 23.3 Å². The van der Waals surface area contributed by atoms with Crippen molar-refractivity contribution in [3.8, 4) is 0 Å². The predicted molar refractivity (Wildman–Crippen MR) is 77.1 cm³/mol. The zero-order valence-corrected chi connectivity index (χ0v) is 12.2. The predicted octanol–water partition coefficient (Wildman–Crippen LogP) is 4.38. The Bertz CT molecular complexity index is 476. The molecule has 0 amide bonds. The third-order valence-corrected chi connectivity index (χ3v) is 3.16. The lowest BCUT2D eigenvalue weighted by Gasteiger charge is -2.05. The molecule has 0 saturated heterocycles. The number of unbranched alkanes of at least 4 members (excludes halogenated alkanes) is 4. The molecule has 0 bridgehead atoms. The molecular formula is C14H18ClNO4. The minimum atomic E-state index is -0.592. The van der Waals surface area contributed by atoms with E-state index in [0.717, 1.165) is 19.3 Å². The third-order valence-electron chi connectivity index (χ3n) is 2.86. The van der Waals surface area contributed by atoms with Gasteiger partial charge >= 0.3 is 5.97 Å². The molecule has 0 radical (unpaired) electrons. The van der Waals surface area contributed by atoms with E-state index in [9.17, 15) is 14.9 Å². The zero-order chi connectivity index (χ0) is 15.0. The Morgan fingerprint density at radius 2 is 2.00 bits per heavy atom.